The van der Waals surface area contributed by atoms with Gasteiger partial charge in [0.2, 0.25) is 5.88 Å². The van der Waals surface area contributed by atoms with E-state index in [0.29, 0.717) is 6.54 Å². The van der Waals surface area contributed by atoms with Crippen molar-refractivity contribution < 1.29 is 4.74 Å². The summed E-state index contributed by atoms with van der Waals surface area (Å²) >= 11 is 0. The minimum absolute atomic E-state index is 0.594. The highest BCUT2D eigenvalue weighted by molar-refractivity contribution is 5.38. The molecule has 17 heavy (non-hydrogen) atoms. The lowest BCUT2D eigenvalue weighted by Crippen LogP contribution is -2.05. The highest BCUT2D eigenvalue weighted by atomic mass is 16.5. The first kappa shape index (κ1) is 11.4. The van der Waals surface area contributed by atoms with E-state index < -0.39 is 0 Å². The van der Waals surface area contributed by atoms with Gasteiger partial charge in [0.05, 0.1) is 25.0 Å². The Balaban J connectivity index is 2.05. The van der Waals surface area contributed by atoms with E-state index in [1.165, 1.54) is 0 Å². The Morgan fingerprint density at radius 2 is 2.12 bits per heavy atom. The fraction of sp³-hybridized carbons (Fsp3) is 0.364. The normalized spacial score (nSPS) is 10.3. The Kier molecular flexibility index (Phi) is 3.22. The van der Waals surface area contributed by atoms with Crippen molar-refractivity contribution in [3.8, 4) is 5.88 Å². The molecule has 6 heteroatoms. The van der Waals surface area contributed by atoms with Gasteiger partial charge in [-0.1, -0.05) is 0 Å². The molecule has 90 valence electrons. The van der Waals surface area contributed by atoms with E-state index in [0.717, 1.165) is 23.1 Å². The second-order valence-electron chi connectivity index (χ2n) is 3.65. The summed E-state index contributed by atoms with van der Waals surface area (Å²) in [7, 11) is 3.47. The molecule has 0 bridgehead atoms. The molecule has 0 unspecified atom stereocenters. The fourth-order valence-corrected chi connectivity index (χ4v) is 1.54. The van der Waals surface area contributed by atoms with Crippen LogP contribution in [0, 0.1) is 6.92 Å². The molecule has 1 N–H and O–H groups in total. The summed E-state index contributed by atoms with van der Waals surface area (Å²) in [6.45, 7) is 2.51. The van der Waals surface area contributed by atoms with Crippen LogP contribution < -0.4 is 10.1 Å². The van der Waals surface area contributed by atoms with Crippen LogP contribution in [0.5, 0.6) is 5.88 Å². The van der Waals surface area contributed by atoms with Crippen LogP contribution in [0.4, 0.5) is 5.82 Å². The summed E-state index contributed by atoms with van der Waals surface area (Å²) < 4.78 is 6.84. The predicted molar refractivity (Wildman–Crippen MR) is 63.9 cm³/mol. The summed E-state index contributed by atoms with van der Waals surface area (Å²) in [6.07, 6.45) is 3.33. The van der Waals surface area contributed by atoms with Gasteiger partial charge in [0, 0.05) is 25.5 Å². The highest BCUT2D eigenvalue weighted by Gasteiger charge is 2.05. The van der Waals surface area contributed by atoms with Crippen molar-refractivity contribution in [2.45, 2.75) is 13.5 Å². The van der Waals surface area contributed by atoms with Crippen molar-refractivity contribution in [1.82, 2.24) is 19.7 Å². The van der Waals surface area contributed by atoms with Crippen molar-refractivity contribution in [3.63, 3.8) is 0 Å². The number of anilines is 1. The maximum absolute atomic E-state index is 5.15. The first-order chi connectivity index (χ1) is 8.20. The molecule has 0 aliphatic carbocycles. The van der Waals surface area contributed by atoms with Gasteiger partial charge in [-0.3, -0.25) is 4.98 Å². The third-order valence-electron chi connectivity index (χ3n) is 2.41. The second-order valence-corrected chi connectivity index (χ2v) is 3.65. The Bertz CT molecular complexity index is 508. The molecule has 6 nitrogen and oxygen atoms in total. The Morgan fingerprint density at radius 3 is 2.76 bits per heavy atom. The van der Waals surface area contributed by atoms with E-state index in [2.05, 4.69) is 20.4 Å². The summed E-state index contributed by atoms with van der Waals surface area (Å²) in [4.78, 5) is 8.36. The van der Waals surface area contributed by atoms with Crippen LogP contribution in [0.2, 0.25) is 0 Å². The zero-order chi connectivity index (χ0) is 12.3. The molecular weight excluding hydrogens is 218 g/mol. The third kappa shape index (κ3) is 2.52. The number of nitrogens with one attached hydrogen (secondary N) is 1. The standard InChI is InChI=1S/C11H15N5O/c1-8-11(13-5-4-12-8)14-7-9-6-10(17-3)16(2)15-9/h4-6H,7H2,1-3H3,(H,13,14). The maximum atomic E-state index is 5.15. The SMILES string of the molecule is COc1cc(CNc2nccnc2C)nn1C. The van der Waals surface area contributed by atoms with Gasteiger partial charge in [0.1, 0.15) is 5.82 Å². The van der Waals surface area contributed by atoms with E-state index in [-0.39, 0.29) is 0 Å². The number of aryl methyl sites for hydroxylation is 2. The highest BCUT2D eigenvalue weighted by Crippen LogP contribution is 2.13. The van der Waals surface area contributed by atoms with Crippen molar-refractivity contribution in [2.24, 2.45) is 7.05 Å². The van der Waals surface area contributed by atoms with Crippen molar-refractivity contribution in [3.05, 3.63) is 29.8 Å². The number of hydrogen-bond acceptors (Lipinski definition) is 5. The molecule has 2 rings (SSSR count). The van der Waals surface area contributed by atoms with E-state index in [9.17, 15) is 0 Å². The van der Waals surface area contributed by atoms with Crippen LogP contribution in [-0.4, -0.2) is 26.9 Å². The van der Waals surface area contributed by atoms with E-state index in [1.807, 2.05) is 20.0 Å². The predicted octanol–water partition coefficient (Wildman–Crippen LogP) is 1.14. The Labute approximate surface area is 99.7 Å². The third-order valence-corrected chi connectivity index (χ3v) is 2.41. The number of methoxy groups -OCH3 is 1. The molecular formula is C11H15N5O. The van der Waals surface area contributed by atoms with Gasteiger partial charge in [-0.15, -0.1) is 0 Å². The van der Waals surface area contributed by atoms with Crippen LogP contribution in [0.25, 0.3) is 0 Å². The second kappa shape index (κ2) is 4.82. The zero-order valence-corrected chi connectivity index (χ0v) is 10.1. The first-order valence-electron chi connectivity index (χ1n) is 5.29. The Hall–Kier alpha value is -2.11. The quantitative estimate of drug-likeness (QED) is 0.857. The van der Waals surface area contributed by atoms with Crippen LogP contribution in [0.3, 0.4) is 0 Å². The molecule has 0 fully saturated rings. The van der Waals surface area contributed by atoms with E-state index >= 15 is 0 Å². The van der Waals surface area contributed by atoms with Gasteiger partial charge in [-0.2, -0.15) is 5.10 Å². The van der Waals surface area contributed by atoms with Gasteiger partial charge in [-0.25, -0.2) is 9.67 Å². The lowest BCUT2D eigenvalue weighted by molar-refractivity contribution is 0.373. The largest absolute Gasteiger partial charge is 0.481 e. The molecule has 0 aliphatic heterocycles. The van der Waals surface area contributed by atoms with Crippen molar-refractivity contribution >= 4 is 5.82 Å². The minimum atomic E-state index is 0.594. The van der Waals surface area contributed by atoms with E-state index in [1.54, 1.807) is 24.2 Å². The van der Waals surface area contributed by atoms with Gasteiger partial charge in [0.25, 0.3) is 0 Å². The smallest absolute Gasteiger partial charge is 0.211 e. The first-order valence-corrected chi connectivity index (χ1v) is 5.29. The van der Waals surface area contributed by atoms with Crippen molar-refractivity contribution in [1.29, 1.82) is 0 Å². The van der Waals surface area contributed by atoms with Crippen LogP contribution in [0.1, 0.15) is 11.4 Å². The molecule has 0 atom stereocenters. The molecule has 0 spiro atoms. The summed E-state index contributed by atoms with van der Waals surface area (Å²) in [5, 5.41) is 7.50. The lowest BCUT2D eigenvalue weighted by atomic mass is 10.4. The number of hydrogen-bond donors (Lipinski definition) is 1. The van der Waals surface area contributed by atoms with Crippen LogP contribution in [0.15, 0.2) is 18.5 Å². The van der Waals surface area contributed by atoms with Crippen LogP contribution >= 0.6 is 0 Å². The zero-order valence-electron chi connectivity index (χ0n) is 10.1. The average molecular weight is 233 g/mol. The minimum Gasteiger partial charge on any atom is -0.481 e. The molecule has 0 aromatic carbocycles. The Morgan fingerprint density at radius 1 is 1.35 bits per heavy atom. The molecule has 2 heterocycles. The maximum Gasteiger partial charge on any atom is 0.211 e. The molecule has 0 saturated heterocycles. The van der Waals surface area contributed by atoms with Crippen molar-refractivity contribution in [2.75, 3.05) is 12.4 Å². The number of ether oxygens (including phenoxy) is 1. The summed E-state index contributed by atoms with van der Waals surface area (Å²) in [6, 6.07) is 1.89. The molecule has 2 aromatic heterocycles. The summed E-state index contributed by atoms with van der Waals surface area (Å²) in [5.41, 5.74) is 1.77. The average Bonchev–Trinajstić information content (AvgIpc) is 2.69. The van der Waals surface area contributed by atoms with Crippen LogP contribution in [-0.2, 0) is 13.6 Å². The topological polar surface area (TPSA) is 64.9 Å². The summed E-state index contributed by atoms with van der Waals surface area (Å²) in [5.74, 6) is 1.51. The van der Waals surface area contributed by atoms with Gasteiger partial charge >= 0.3 is 0 Å². The van der Waals surface area contributed by atoms with Gasteiger partial charge in [0.15, 0.2) is 0 Å². The molecule has 0 saturated carbocycles. The fourth-order valence-electron chi connectivity index (χ4n) is 1.54. The molecule has 0 radical (unpaired) electrons. The monoisotopic (exact) mass is 233 g/mol. The number of rotatable bonds is 4. The van der Waals surface area contributed by atoms with Gasteiger partial charge in [-0.05, 0) is 6.92 Å². The van der Waals surface area contributed by atoms with E-state index in [4.69, 9.17) is 4.74 Å². The lowest BCUT2D eigenvalue weighted by Gasteiger charge is -2.04. The molecule has 2 aromatic rings. The molecule has 0 amide bonds. The number of nitrogens with zero attached hydrogens (tertiary/aromatic N) is 4. The number of aromatic nitrogens is 4. The molecule has 0 aliphatic rings. The van der Waals surface area contributed by atoms with Gasteiger partial charge < -0.3 is 10.1 Å².